The summed E-state index contributed by atoms with van der Waals surface area (Å²) in [5.74, 6) is 2.25. The van der Waals surface area contributed by atoms with Crippen LogP contribution in [0, 0.1) is 5.92 Å². The van der Waals surface area contributed by atoms with Crippen molar-refractivity contribution in [3.05, 3.63) is 36.2 Å². The summed E-state index contributed by atoms with van der Waals surface area (Å²) < 4.78 is 0. The highest BCUT2D eigenvalue weighted by molar-refractivity contribution is 14.0. The first-order valence-electron chi connectivity index (χ1n) is 9.30. The molecular weight excluding hydrogens is 469 g/mol. The standard InChI is InChI=1S/C19H27N7O.HI/c1-20-17(27)11-14-6-8-26(9-7-14)19(21-2)22-12-15-4-3-5-16(10-15)18-23-13-24-25-18;/h3-5,10,13-14H,6-9,11-12H2,1-2H3,(H,20,27)(H,21,22)(H,23,24,25);1H. The Labute approximate surface area is 182 Å². The molecule has 28 heavy (non-hydrogen) atoms. The number of aromatic nitrogens is 3. The molecule has 2 heterocycles. The van der Waals surface area contributed by atoms with Gasteiger partial charge < -0.3 is 15.5 Å². The molecule has 152 valence electrons. The van der Waals surface area contributed by atoms with Crippen molar-refractivity contribution in [2.75, 3.05) is 27.2 Å². The third kappa shape index (κ3) is 5.91. The first-order valence-corrected chi connectivity index (χ1v) is 9.30. The average Bonchev–Trinajstić information content (AvgIpc) is 3.24. The van der Waals surface area contributed by atoms with E-state index in [1.807, 2.05) is 19.2 Å². The Morgan fingerprint density at radius 3 is 2.79 bits per heavy atom. The van der Waals surface area contributed by atoms with Gasteiger partial charge in [0.1, 0.15) is 6.33 Å². The van der Waals surface area contributed by atoms with Crippen LogP contribution >= 0.6 is 24.0 Å². The van der Waals surface area contributed by atoms with Gasteiger partial charge >= 0.3 is 0 Å². The number of likely N-dealkylation sites (tertiary alicyclic amines) is 1. The van der Waals surface area contributed by atoms with Crippen LogP contribution in [0.2, 0.25) is 0 Å². The van der Waals surface area contributed by atoms with E-state index in [4.69, 9.17) is 0 Å². The Morgan fingerprint density at radius 2 is 2.14 bits per heavy atom. The fourth-order valence-corrected chi connectivity index (χ4v) is 3.40. The molecule has 0 unspecified atom stereocenters. The number of amides is 1. The maximum Gasteiger partial charge on any atom is 0.220 e. The van der Waals surface area contributed by atoms with Gasteiger partial charge in [-0.15, -0.1) is 24.0 Å². The van der Waals surface area contributed by atoms with E-state index in [1.54, 1.807) is 7.05 Å². The molecule has 0 radical (unpaired) electrons. The predicted molar refractivity (Wildman–Crippen MR) is 120 cm³/mol. The molecule has 0 bridgehead atoms. The van der Waals surface area contributed by atoms with E-state index in [2.05, 4.69) is 47.8 Å². The first-order chi connectivity index (χ1) is 13.2. The minimum Gasteiger partial charge on any atom is -0.359 e. The van der Waals surface area contributed by atoms with Gasteiger partial charge in [0.05, 0.1) is 0 Å². The van der Waals surface area contributed by atoms with Gasteiger partial charge in [-0.25, -0.2) is 4.98 Å². The quantitative estimate of drug-likeness (QED) is 0.334. The molecular formula is C19H28IN7O. The summed E-state index contributed by atoms with van der Waals surface area (Å²) in [4.78, 5) is 22.4. The van der Waals surface area contributed by atoms with E-state index in [0.717, 1.165) is 48.8 Å². The smallest absolute Gasteiger partial charge is 0.220 e. The molecule has 3 N–H and O–H groups in total. The highest BCUT2D eigenvalue weighted by Crippen LogP contribution is 2.20. The van der Waals surface area contributed by atoms with Crippen LogP contribution in [0.25, 0.3) is 11.4 Å². The number of piperidine rings is 1. The predicted octanol–water partition coefficient (Wildman–Crippen LogP) is 2.01. The zero-order valence-electron chi connectivity index (χ0n) is 16.3. The van der Waals surface area contributed by atoms with Gasteiger partial charge in [-0.2, -0.15) is 5.10 Å². The second-order valence-electron chi connectivity index (χ2n) is 6.74. The van der Waals surface area contributed by atoms with Gasteiger partial charge in [0, 0.05) is 45.7 Å². The van der Waals surface area contributed by atoms with Crippen LogP contribution < -0.4 is 10.6 Å². The Hall–Kier alpha value is -2.17. The van der Waals surface area contributed by atoms with Crippen molar-refractivity contribution in [3.8, 4) is 11.4 Å². The summed E-state index contributed by atoms with van der Waals surface area (Å²) in [6, 6.07) is 8.20. The highest BCUT2D eigenvalue weighted by atomic mass is 127. The molecule has 8 nitrogen and oxygen atoms in total. The number of aromatic amines is 1. The molecule has 1 aromatic heterocycles. The van der Waals surface area contributed by atoms with Crippen LogP contribution in [-0.2, 0) is 11.3 Å². The van der Waals surface area contributed by atoms with E-state index < -0.39 is 0 Å². The zero-order valence-corrected chi connectivity index (χ0v) is 18.6. The summed E-state index contributed by atoms with van der Waals surface area (Å²) in [7, 11) is 3.50. The van der Waals surface area contributed by atoms with Gasteiger partial charge in [0.25, 0.3) is 0 Å². The minimum atomic E-state index is 0. The van der Waals surface area contributed by atoms with Gasteiger partial charge in [-0.05, 0) is 30.4 Å². The molecule has 1 saturated heterocycles. The number of guanidine groups is 1. The molecule has 0 spiro atoms. The molecule has 1 aromatic carbocycles. The summed E-state index contributed by atoms with van der Waals surface area (Å²) in [5.41, 5.74) is 2.16. The number of H-pyrrole nitrogens is 1. The summed E-state index contributed by atoms with van der Waals surface area (Å²) in [6.07, 6.45) is 4.14. The number of carbonyl (C=O) groups is 1. The summed E-state index contributed by atoms with van der Waals surface area (Å²) >= 11 is 0. The number of halogens is 1. The summed E-state index contributed by atoms with van der Waals surface area (Å²) in [5, 5.41) is 12.9. The third-order valence-electron chi connectivity index (χ3n) is 4.94. The van der Waals surface area contributed by atoms with Gasteiger partial charge in [0.15, 0.2) is 11.8 Å². The van der Waals surface area contributed by atoms with Crippen LogP contribution in [0.5, 0.6) is 0 Å². The van der Waals surface area contributed by atoms with Crippen molar-refractivity contribution in [3.63, 3.8) is 0 Å². The van der Waals surface area contributed by atoms with E-state index in [9.17, 15) is 4.79 Å². The summed E-state index contributed by atoms with van der Waals surface area (Å²) in [6.45, 7) is 2.52. The van der Waals surface area contributed by atoms with E-state index >= 15 is 0 Å². The molecule has 9 heteroatoms. The Kier molecular flexibility index (Phi) is 8.68. The first kappa shape index (κ1) is 22.1. The molecule has 2 aromatic rings. The monoisotopic (exact) mass is 497 g/mol. The zero-order chi connectivity index (χ0) is 19.1. The van der Waals surface area contributed by atoms with E-state index in [1.165, 1.54) is 6.33 Å². The Bertz CT molecular complexity index is 770. The normalized spacial score (nSPS) is 15.1. The van der Waals surface area contributed by atoms with Crippen molar-refractivity contribution in [1.82, 2.24) is 30.7 Å². The van der Waals surface area contributed by atoms with Crippen molar-refractivity contribution >= 4 is 35.8 Å². The second-order valence-corrected chi connectivity index (χ2v) is 6.74. The second kappa shape index (κ2) is 11.0. The lowest BCUT2D eigenvalue weighted by Gasteiger charge is -2.34. The number of carbonyl (C=O) groups excluding carboxylic acids is 1. The highest BCUT2D eigenvalue weighted by Gasteiger charge is 2.23. The SMILES string of the molecule is CN=C(NCc1cccc(-c2ncn[nH]2)c1)N1CCC(CC(=O)NC)CC1.I. The average molecular weight is 497 g/mol. The van der Waals surface area contributed by atoms with Crippen LogP contribution in [0.3, 0.4) is 0 Å². The number of rotatable bonds is 5. The van der Waals surface area contributed by atoms with Crippen LogP contribution in [0.15, 0.2) is 35.6 Å². The number of aliphatic imine (C=N–C) groups is 1. The van der Waals surface area contributed by atoms with Gasteiger partial charge in [0.2, 0.25) is 5.91 Å². The fraction of sp³-hybridized carbons (Fsp3) is 0.474. The Balaban J connectivity index is 0.00000280. The number of benzene rings is 1. The van der Waals surface area contributed by atoms with Crippen molar-refractivity contribution < 1.29 is 4.79 Å². The number of nitrogens with zero attached hydrogens (tertiary/aromatic N) is 4. The maximum atomic E-state index is 11.6. The topological polar surface area (TPSA) is 98.3 Å². The lowest BCUT2D eigenvalue weighted by molar-refractivity contribution is -0.121. The molecule has 1 fully saturated rings. The Morgan fingerprint density at radius 1 is 1.36 bits per heavy atom. The molecule has 1 aliphatic heterocycles. The fourth-order valence-electron chi connectivity index (χ4n) is 3.40. The van der Waals surface area contributed by atoms with E-state index in [-0.39, 0.29) is 29.9 Å². The van der Waals surface area contributed by atoms with Crippen molar-refractivity contribution in [2.24, 2.45) is 10.9 Å². The number of hydrogen-bond acceptors (Lipinski definition) is 4. The molecule has 3 rings (SSSR count). The lowest BCUT2D eigenvalue weighted by Crippen LogP contribution is -2.45. The van der Waals surface area contributed by atoms with E-state index in [0.29, 0.717) is 18.9 Å². The van der Waals surface area contributed by atoms with Crippen LogP contribution in [0.4, 0.5) is 0 Å². The molecule has 1 amide bonds. The van der Waals surface area contributed by atoms with Crippen LogP contribution in [-0.4, -0.2) is 59.1 Å². The maximum absolute atomic E-state index is 11.6. The van der Waals surface area contributed by atoms with Crippen LogP contribution in [0.1, 0.15) is 24.8 Å². The number of hydrogen-bond donors (Lipinski definition) is 3. The molecule has 0 saturated carbocycles. The molecule has 0 atom stereocenters. The molecule has 1 aliphatic rings. The third-order valence-corrected chi connectivity index (χ3v) is 4.94. The largest absolute Gasteiger partial charge is 0.359 e. The van der Waals surface area contributed by atoms with Gasteiger partial charge in [-0.3, -0.25) is 14.9 Å². The van der Waals surface area contributed by atoms with Gasteiger partial charge in [-0.1, -0.05) is 18.2 Å². The lowest BCUT2D eigenvalue weighted by atomic mass is 9.93. The van der Waals surface area contributed by atoms with Crippen molar-refractivity contribution in [2.45, 2.75) is 25.8 Å². The van der Waals surface area contributed by atoms with Crippen molar-refractivity contribution in [1.29, 1.82) is 0 Å². The molecule has 0 aliphatic carbocycles. The minimum absolute atomic E-state index is 0. The number of nitrogens with one attached hydrogen (secondary N) is 3.